The molecule has 0 saturated heterocycles. The molecule has 1 atom stereocenters. The summed E-state index contributed by atoms with van der Waals surface area (Å²) in [5, 5.41) is 0. The van der Waals surface area contributed by atoms with Crippen molar-refractivity contribution in [2.45, 2.75) is 31.2 Å². The van der Waals surface area contributed by atoms with E-state index in [0.717, 1.165) is 10.4 Å². The van der Waals surface area contributed by atoms with Crippen molar-refractivity contribution in [2.75, 3.05) is 13.6 Å². The van der Waals surface area contributed by atoms with Gasteiger partial charge in [0.25, 0.3) is 0 Å². The molecule has 0 unspecified atom stereocenters. The van der Waals surface area contributed by atoms with Crippen LogP contribution in [0.5, 0.6) is 0 Å². The van der Waals surface area contributed by atoms with Gasteiger partial charge in [-0.25, -0.2) is 17.2 Å². The molecule has 0 aliphatic carbocycles. The van der Waals surface area contributed by atoms with E-state index in [1.54, 1.807) is 0 Å². The molecule has 0 spiro atoms. The van der Waals surface area contributed by atoms with Gasteiger partial charge in [0, 0.05) is 25.7 Å². The Morgan fingerprint density at radius 2 is 1.82 bits per heavy atom. The molecule has 128 valence electrons. The molecule has 4 nitrogen and oxygen atoms in total. The molecule has 22 heavy (non-hydrogen) atoms. The van der Waals surface area contributed by atoms with E-state index in [9.17, 15) is 17.2 Å². The van der Waals surface area contributed by atoms with Crippen molar-refractivity contribution >= 4 is 38.4 Å². The predicted molar refractivity (Wildman–Crippen MR) is 88.6 cm³/mol. The minimum Gasteiger partial charge on any atom is -0.329 e. The predicted octanol–water partition coefficient (Wildman–Crippen LogP) is 3.14. The average Bonchev–Trinajstić information content (AvgIpc) is 2.38. The molecule has 1 rings (SSSR count). The SMILES string of the molecule is CC(C)C[C@H](CN)N(C)S(=O)(=O)c1cc(Br)c(F)cc1F.Cl. The lowest BCUT2D eigenvalue weighted by Crippen LogP contribution is -2.42. The van der Waals surface area contributed by atoms with E-state index in [1.807, 2.05) is 13.8 Å². The molecule has 0 fully saturated rings. The van der Waals surface area contributed by atoms with Crippen molar-refractivity contribution in [3.05, 3.63) is 28.2 Å². The first kappa shape index (κ1) is 21.7. The third-order valence-corrected chi connectivity index (χ3v) is 5.69. The third kappa shape index (κ3) is 4.86. The number of halogens is 4. The molecule has 0 aliphatic rings. The molecule has 0 aromatic heterocycles. The Labute approximate surface area is 144 Å². The van der Waals surface area contributed by atoms with Crippen LogP contribution in [0.15, 0.2) is 21.5 Å². The second-order valence-corrected chi connectivity index (χ2v) is 8.06. The maximum absolute atomic E-state index is 13.8. The molecule has 0 heterocycles. The smallest absolute Gasteiger partial charge is 0.246 e. The number of sulfonamides is 1. The quantitative estimate of drug-likeness (QED) is 0.718. The number of benzene rings is 1. The van der Waals surface area contributed by atoms with Gasteiger partial charge in [-0.1, -0.05) is 13.8 Å². The Hall–Kier alpha value is -0.280. The van der Waals surface area contributed by atoms with Gasteiger partial charge in [0.2, 0.25) is 10.0 Å². The first-order valence-electron chi connectivity index (χ1n) is 6.43. The summed E-state index contributed by atoms with van der Waals surface area (Å²) < 4.78 is 53.0. The van der Waals surface area contributed by atoms with Crippen LogP contribution in [0.2, 0.25) is 0 Å². The molecule has 0 saturated carbocycles. The molecule has 2 N–H and O–H groups in total. The van der Waals surface area contributed by atoms with Gasteiger partial charge in [-0.15, -0.1) is 12.4 Å². The standard InChI is InChI=1S/C13H19BrF2N2O2S.ClH/c1-8(2)4-9(7-17)18(3)21(19,20)13-5-10(14)11(15)6-12(13)16;/h5-6,8-9H,4,7,17H2,1-3H3;1H/t9-;/m1./s1. The topological polar surface area (TPSA) is 63.4 Å². The first-order valence-corrected chi connectivity index (χ1v) is 8.67. The number of nitrogens with two attached hydrogens (primary N) is 1. The molecule has 1 aromatic carbocycles. The van der Waals surface area contributed by atoms with E-state index < -0.39 is 32.6 Å². The van der Waals surface area contributed by atoms with Crippen molar-refractivity contribution < 1.29 is 17.2 Å². The zero-order valence-electron chi connectivity index (χ0n) is 12.5. The van der Waals surface area contributed by atoms with Crippen LogP contribution >= 0.6 is 28.3 Å². The molecule has 0 amide bonds. The van der Waals surface area contributed by atoms with E-state index in [2.05, 4.69) is 15.9 Å². The van der Waals surface area contributed by atoms with Gasteiger partial charge in [0.15, 0.2) is 0 Å². The number of rotatable bonds is 6. The average molecular weight is 422 g/mol. The second kappa shape index (κ2) is 8.54. The molecule has 0 bridgehead atoms. The van der Waals surface area contributed by atoms with Crippen LogP contribution in [0.4, 0.5) is 8.78 Å². The van der Waals surface area contributed by atoms with Gasteiger partial charge in [0.05, 0.1) is 4.47 Å². The van der Waals surface area contributed by atoms with E-state index in [0.29, 0.717) is 12.5 Å². The van der Waals surface area contributed by atoms with Gasteiger partial charge in [-0.2, -0.15) is 4.31 Å². The van der Waals surface area contributed by atoms with Gasteiger partial charge in [-0.3, -0.25) is 0 Å². The number of nitrogens with zero attached hydrogens (tertiary/aromatic N) is 1. The van der Waals surface area contributed by atoms with E-state index >= 15 is 0 Å². The van der Waals surface area contributed by atoms with Crippen molar-refractivity contribution in [1.29, 1.82) is 0 Å². The Morgan fingerprint density at radius 3 is 2.27 bits per heavy atom. The van der Waals surface area contributed by atoms with Gasteiger partial charge >= 0.3 is 0 Å². The van der Waals surface area contributed by atoms with E-state index in [-0.39, 0.29) is 29.3 Å². The highest BCUT2D eigenvalue weighted by Crippen LogP contribution is 2.27. The zero-order chi connectivity index (χ0) is 16.4. The fourth-order valence-corrected chi connectivity index (χ4v) is 3.93. The fourth-order valence-electron chi connectivity index (χ4n) is 1.99. The van der Waals surface area contributed by atoms with Crippen molar-refractivity contribution in [3.8, 4) is 0 Å². The summed E-state index contributed by atoms with van der Waals surface area (Å²) in [6, 6.07) is 1.03. The normalized spacial score (nSPS) is 13.3. The summed E-state index contributed by atoms with van der Waals surface area (Å²) in [7, 11) is -2.73. The lowest BCUT2D eigenvalue weighted by molar-refractivity contribution is 0.322. The highest BCUT2D eigenvalue weighted by molar-refractivity contribution is 9.10. The number of hydrogen-bond donors (Lipinski definition) is 1. The highest BCUT2D eigenvalue weighted by atomic mass is 79.9. The van der Waals surface area contributed by atoms with E-state index in [4.69, 9.17) is 5.73 Å². The summed E-state index contributed by atoms with van der Waals surface area (Å²) in [6.07, 6.45) is 0.552. The van der Waals surface area contributed by atoms with Crippen LogP contribution in [-0.4, -0.2) is 32.4 Å². The van der Waals surface area contributed by atoms with E-state index in [1.165, 1.54) is 7.05 Å². The summed E-state index contributed by atoms with van der Waals surface area (Å²) >= 11 is 2.87. The summed E-state index contributed by atoms with van der Waals surface area (Å²) in [5.41, 5.74) is 5.62. The van der Waals surface area contributed by atoms with Crippen LogP contribution in [0, 0.1) is 17.6 Å². The minimum absolute atomic E-state index is 0. The van der Waals surface area contributed by atoms with Crippen molar-refractivity contribution in [1.82, 2.24) is 4.31 Å². The maximum atomic E-state index is 13.8. The third-order valence-electron chi connectivity index (χ3n) is 3.16. The largest absolute Gasteiger partial charge is 0.329 e. The molecular formula is C13H20BrClF2N2O2S. The van der Waals surface area contributed by atoms with Gasteiger partial charge in [-0.05, 0) is 34.3 Å². The van der Waals surface area contributed by atoms with Crippen LogP contribution in [-0.2, 0) is 10.0 Å². The molecular weight excluding hydrogens is 402 g/mol. The molecule has 9 heteroatoms. The van der Waals surface area contributed by atoms with Crippen molar-refractivity contribution in [2.24, 2.45) is 11.7 Å². The van der Waals surface area contributed by atoms with Crippen LogP contribution < -0.4 is 5.73 Å². The van der Waals surface area contributed by atoms with Crippen molar-refractivity contribution in [3.63, 3.8) is 0 Å². The molecule has 0 radical (unpaired) electrons. The fraction of sp³-hybridized carbons (Fsp3) is 0.538. The summed E-state index contributed by atoms with van der Waals surface area (Å²) in [6.45, 7) is 4.01. The second-order valence-electron chi connectivity index (χ2n) is 5.24. The Balaban J connectivity index is 0.00000441. The monoisotopic (exact) mass is 420 g/mol. The lowest BCUT2D eigenvalue weighted by atomic mass is 10.0. The zero-order valence-corrected chi connectivity index (χ0v) is 15.7. The van der Waals surface area contributed by atoms with Gasteiger partial charge in [0.1, 0.15) is 16.5 Å². The summed E-state index contributed by atoms with van der Waals surface area (Å²) in [4.78, 5) is -0.569. The Bertz CT molecular complexity index is 614. The first-order chi connectivity index (χ1) is 9.61. The molecule has 0 aliphatic heterocycles. The maximum Gasteiger partial charge on any atom is 0.246 e. The van der Waals surface area contributed by atoms with Crippen LogP contribution in [0.25, 0.3) is 0 Å². The van der Waals surface area contributed by atoms with Crippen LogP contribution in [0.3, 0.4) is 0 Å². The van der Waals surface area contributed by atoms with Gasteiger partial charge < -0.3 is 5.73 Å². The lowest BCUT2D eigenvalue weighted by Gasteiger charge is -2.28. The Morgan fingerprint density at radius 1 is 1.27 bits per heavy atom. The number of hydrogen-bond acceptors (Lipinski definition) is 3. The highest BCUT2D eigenvalue weighted by Gasteiger charge is 2.30. The molecule has 1 aromatic rings. The summed E-state index contributed by atoms with van der Waals surface area (Å²) in [5.74, 6) is -1.74. The number of likely N-dealkylation sites (N-methyl/N-ethyl adjacent to an activating group) is 1. The Kier molecular flexibility index (Phi) is 8.43. The van der Waals surface area contributed by atoms with Crippen LogP contribution in [0.1, 0.15) is 20.3 Å². The minimum atomic E-state index is -4.08.